The molecule has 0 radical (unpaired) electrons. The molecule has 0 atom stereocenters. The smallest absolute Gasteiger partial charge is 0.162 e. The van der Waals surface area contributed by atoms with Crippen molar-refractivity contribution in [2.75, 3.05) is 20.3 Å². The molecular formula is C21H22BrNO3. The fraction of sp³-hybridized carbons (Fsp3) is 0.286. The molecule has 0 aliphatic rings. The molecule has 0 bridgehead atoms. The Kier molecular flexibility index (Phi) is 7.55. The van der Waals surface area contributed by atoms with Crippen LogP contribution in [0.15, 0.2) is 40.9 Å². The Labute approximate surface area is 163 Å². The van der Waals surface area contributed by atoms with Crippen LogP contribution in [0.3, 0.4) is 0 Å². The van der Waals surface area contributed by atoms with Gasteiger partial charge in [-0.15, -0.1) is 0 Å². The summed E-state index contributed by atoms with van der Waals surface area (Å²) in [7, 11) is 1.62. The van der Waals surface area contributed by atoms with Crippen molar-refractivity contribution in [2.45, 2.75) is 20.3 Å². The molecular weight excluding hydrogens is 394 g/mol. The molecule has 136 valence electrons. The predicted molar refractivity (Wildman–Crippen MR) is 108 cm³/mol. The first-order chi connectivity index (χ1) is 12.6. The molecule has 0 aliphatic carbocycles. The molecule has 0 spiro atoms. The number of rotatable bonds is 8. The summed E-state index contributed by atoms with van der Waals surface area (Å²) >= 11 is 3.57. The Hall–Kier alpha value is -2.45. The first-order valence-corrected chi connectivity index (χ1v) is 9.27. The van der Waals surface area contributed by atoms with Gasteiger partial charge in [0.15, 0.2) is 11.5 Å². The molecule has 0 saturated heterocycles. The minimum atomic E-state index is 0.539. The van der Waals surface area contributed by atoms with Crippen molar-refractivity contribution in [3.63, 3.8) is 0 Å². The van der Waals surface area contributed by atoms with E-state index < -0.39 is 0 Å². The van der Waals surface area contributed by atoms with Crippen LogP contribution in [0.1, 0.15) is 31.4 Å². The molecule has 0 aliphatic heterocycles. The van der Waals surface area contributed by atoms with Gasteiger partial charge in [0.1, 0.15) is 5.75 Å². The van der Waals surface area contributed by atoms with Crippen LogP contribution >= 0.6 is 15.9 Å². The van der Waals surface area contributed by atoms with Gasteiger partial charge in [0.2, 0.25) is 0 Å². The molecule has 5 heteroatoms. The molecule has 0 aromatic heterocycles. The Balaban J connectivity index is 2.42. The van der Waals surface area contributed by atoms with E-state index in [4.69, 9.17) is 14.2 Å². The number of nitriles is 1. The molecule has 2 rings (SSSR count). The first-order valence-electron chi connectivity index (χ1n) is 8.48. The topological polar surface area (TPSA) is 51.5 Å². The van der Waals surface area contributed by atoms with Crippen LogP contribution in [0.5, 0.6) is 17.2 Å². The number of halogens is 1. The zero-order valence-electron chi connectivity index (χ0n) is 15.2. The van der Waals surface area contributed by atoms with E-state index in [9.17, 15) is 5.26 Å². The lowest BCUT2D eigenvalue weighted by molar-refractivity contribution is 0.276. The van der Waals surface area contributed by atoms with Crippen LogP contribution in [0.25, 0.3) is 11.6 Å². The van der Waals surface area contributed by atoms with Gasteiger partial charge in [0.25, 0.3) is 0 Å². The van der Waals surface area contributed by atoms with Gasteiger partial charge in [-0.2, -0.15) is 5.26 Å². The average Bonchev–Trinajstić information content (AvgIpc) is 2.67. The molecule has 0 fully saturated rings. The SMILES string of the molecule is CCCOc1cc(Br)c(/C=C(\C#N)c2ccc(OC)cc2)cc1OCC. The van der Waals surface area contributed by atoms with E-state index in [1.165, 1.54) is 0 Å². The molecule has 4 nitrogen and oxygen atoms in total. The van der Waals surface area contributed by atoms with E-state index in [2.05, 4.69) is 28.9 Å². The molecule has 0 N–H and O–H groups in total. The summed E-state index contributed by atoms with van der Waals surface area (Å²) in [6.45, 7) is 5.15. The first kappa shape index (κ1) is 19.9. The second kappa shape index (κ2) is 9.88. The largest absolute Gasteiger partial charge is 0.497 e. The number of benzene rings is 2. The lowest BCUT2D eigenvalue weighted by Crippen LogP contribution is -2.00. The van der Waals surface area contributed by atoms with Crippen LogP contribution in [-0.4, -0.2) is 20.3 Å². The normalized spacial score (nSPS) is 11.0. The lowest BCUT2D eigenvalue weighted by atomic mass is 10.0. The highest BCUT2D eigenvalue weighted by atomic mass is 79.9. The van der Waals surface area contributed by atoms with Crippen molar-refractivity contribution in [2.24, 2.45) is 0 Å². The van der Waals surface area contributed by atoms with Gasteiger partial charge in [0.05, 0.1) is 32.0 Å². The zero-order valence-corrected chi connectivity index (χ0v) is 16.8. The maximum atomic E-state index is 9.58. The maximum Gasteiger partial charge on any atom is 0.162 e. The van der Waals surface area contributed by atoms with Gasteiger partial charge in [0, 0.05) is 4.47 Å². The van der Waals surface area contributed by atoms with Crippen molar-refractivity contribution in [1.82, 2.24) is 0 Å². The number of hydrogen-bond acceptors (Lipinski definition) is 4. The van der Waals surface area contributed by atoms with E-state index in [-0.39, 0.29) is 0 Å². The van der Waals surface area contributed by atoms with Crippen LogP contribution in [0, 0.1) is 11.3 Å². The van der Waals surface area contributed by atoms with Gasteiger partial charge in [-0.25, -0.2) is 0 Å². The third-order valence-corrected chi connectivity index (χ3v) is 4.33. The summed E-state index contributed by atoms with van der Waals surface area (Å²) in [5, 5.41) is 9.58. The van der Waals surface area contributed by atoms with Gasteiger partial charge >= 0.3 is 0 Å². The summed E-state index contributed by atoms with van der Waals surface area (Å²) in [5.41, 5.74) is 2.23. The molecule has 0 saturated carbocycles. The van der Waals surface area contributed by atoms with Gasteiger partial charge in [-0.3, -0.25) is 0 Å². The van der Waals surface area contributed by atoms with Crippen molar-refractivity contribution in [1.29, 1.82) is 5.26 Å². The van der Waals surface area contributed by atoms with Gasteiger partial charge in [-0.1, -0.05) is 22.9 Å². The quantitative estimate of drug-likeness (QED) is 0.409. The van der Waals surface area contributed by atoms with Gasteiger partial charge in [-0.05, 0) is 66.9 Å². The van der Waals surface area contributed by atoms with Crippen molar-refractivity contribution < 1.29 is 14.2 Å². The third kappa shape index (κ3) is 5.03. The summed E-state index contributed by atoms with van der Waals surface area (Å²) < 4.78 is 17.5. The number of nitrogens with zero attached hydrogens (tertiary/aromatic N) is 1. The average molecular weight is 416 g/mol. The molecule has 2 aromatic rings. The second-order valence-corrected chi connectivity index (χ2v) is 6.35. The molecule has 0 heterocycles. The van der Waals surface area contributed by atoms with Crippen LogP contribution in [-0.2, 0) is 0 Å². The van der Waals surface area contributed by atoms with Crippen molar-refractivity contribution >= 4 is 27.6 Å². The standard InChI is InChI=1S/C21H22BrNO3/c1-4-10-26-21-13-19(22)16(12-20(21)25-5-2)11-17(14-23)15-6-8-18(24-3)9-7-15/h6-9,11-13H,4-5,10H2,1-3H3/b17-11+. The van der Waals surface area contributed by atoms with E-state index in [1.807, 2.05) is 49.4 Å². The maximum absolute atomic E-state index is 9.58. The van der Waals surface area contributed by atoms with E-state index in [1.54, 1.807) is 7.11 Å². The highest BCUT2D eigenvalue weighted by molar-refractivity contribution is 9.10. The second-order valence-electron chi connectivity index (χ2n) is 5.50. The Morgan fingerprint density at radius 1 is 1.12 bits per heavy atom. The number of ether oxygens (including phenoxy) is 3. The Morgan fingerprint density at radius 3 is 2.38 bits per heavy atom. The molecule has 0 unspecified atom stereocenters. The van der Waals surface area contributed by atoms with E-state index >= 15 is 0 Å². The molecule has 2 aromatic carbocycles. The molecule has 26 heavy (non-hydrogen) atoms. The fourth-order valence-corrected chi connectivity index (χ4v) is 2.80. The summed E-state index contributed by atoms with van der Waals surface area (Å²) in [6.07, 6.45) is 2.75. The minimum absolute atomic E-state index is 0.539. The van der Waals surface area contributed by atoms with Crippen molar-refractivity contribution in [3.8, 4) is 23.3 Å². The summed E-state index contributed by atoms with van der Waals surface area (Å²) in [4.78, 5) is 0. The summed E-state index contributed by atoms with van der Waals surface area (Å²) in [6, 6.07) is 13.4. The highest BCUT2D eigenvalue weighted by Crippen LogP contribution is 2.36. The number of methoxy groups -OCH3 is 1. The zero-order chi connectivity index (χ0) is 18.9. The van der Waals surface area contributed by atoms with E-state index in [0.717, 1.165) is 27.8 Å². The van der Waals surface area contributed by atoms with Crippen LogP contribution in [0.2, 0.25) is 0 Å². The van der Waals surface area contributed by atoms with Crippen molar-refractivity contribution in [3.05, 3.63) is 52.0 Å². The lowest BCUT2D eigenvalue weighted by Gasteiger charge is -2.14. The fourth-order valence-electron chi connectivity index (χ4n) is 2.36. The monoisotopic (exact) mass is 415 g/mol. The Morgan fingerprint density at radius 2 is 1.81 bits per heavy atom. The number of allylic oxidation sites excluding steroid dienone is 1. The Bertz CT molecular complexity index is 807. The van der Waals surface area contributed by atoms with Crippen LogP contribution < -0.4 is 14.2 Å². The van der Waals surface area contributed by atoms with Crippen LogP contribution in [0.4, 0.5) is 0 Å². The molecule has 0 amide bonds. The highest BCUT2D eigenvalue weighted by Gasteiger charge is 2.11. The third-order valence-electron chi connectivity index (χ3n) is 3.65. The number of hydrogen-bond donors (Lipinski definition) is 0. The van der Waals surface area contributed by atoms with Gasteiger partial charge < -0.3 is 14.2 Å². The predicted octanol–water partition coefficient (Wildman–Crippen LogP) is 5.71. The minimum Gasteiger partial charge on any atom is -0.497 e. The van der Waals surface area contributed by atoms with E-state index in [0.29, 0.717) is 30.3 Å². The summed E-state index contributed by atoms with van der Waals surface area (Å²) in [5.74, 6) is 2.12.